The lowest BCUT2D eigenvalue weighted by molar-refractivity contribution is -0.117. The Labute approximate surface area is 171 Å². The van der Waals surface area contributed by atoms with Gasteiger partial charge in [0.15, 0.2) is 0 Å². The molecule has 5 nitrogen and oxygen atoms in total. The quantitative estimate of drug-likeness (QED) is 0.674. The number of nitrogens with one attached hydrogen (secondary N) is 1. The maximum atomic E-state index is 12.9. The molecular formula is C24H27N3O2. The molecule has 3 aromatic rings. The fourth-order valence-corrected chi connectivity index (χ4v) is 3.53. The van der Waals surface area contributed by atoms with Crippen LogP contribution in [-0.2, 0) is 10.2 Å². The molecule has 2 unspecified atom stereocenters. The van der Waals surface area contributed by atoms with E-state index in [0.717, 1.165) is 23.6 Å². The molecule has 150 valence electrons. The minimum Gasteiger partial charge on any atom is -0.497 e. The first-order valence-electron chi connectivity index (χ1n) is 9.97. The molecule has 29 heavy (non-hydrogen) atoms. The Morgan fingerprint density at radius 3 is 2.41 bits per heavy atom. The van der Waals surface area contributed by atoms with Gasteiger partial charge in [-0.25, -0.2) is 4.68 Å². The van der Waals surface area contributed by atoms with Crippen LogP contribution in [0.2, 0.25) is 0 Å². The Morgan fingerprint density at radius 1 is 1.10 bits per heavy atom. The zero-order chi connectivity index (χ0) is 20.6. The third-order valence-corrected chi connectivity index (χ3v) is 5.40. The topological polar surface area (TPSA) is 56.1 Å². The second-order valence-corrected chi connectivity index (χ2v) is 8.62. The number of anilines is 1. The van der Waals surface area contributed by atoms with E-state index >= 15 is 0 Å². The molecule has 1 aromatic heterocycles. The molecule has 2 aromatic carbocycles. The number of rotatable bonds is 5. The van der Waals surface area contributed by atoms with Crippen LogP contribution in [0, 0.1) is 5.92 Å². The van der Waals surface area contributed by atoms with Crippen LogP contribution in [0.15, 0.2) is 60.7 Å². The van der Waals surface area contributed by atoms with Crippen molar-refractivity contribution in [3.8, 4) is 11.4 Å². The van der Waals surface area contributed by atoms with Crippen molar-refractivity contribution in [3.05, 3.63) is 71.9 Å². The molecule has 1 heterocycles. The summed E-state index contributed by atoms with van der Waals surface area (Å²) in [4.78, 5) is 12.9. The molecule has 1 saturated carbocycles. The van der Waals surface area contributed by atoms with Gasteiger partial charge in [0.05, 0.1) is 18.5 Å². The molecule has 1 amide bonds. The first-order valence-corrected chi connectivity index (χ1v) is 9.97. The van der Waals surface area contributed by atoms with Crippen LogP contribution in [0.25, 0.3) is 5.69 Å². The molecule has 0 saturated heterocycles. The second kappa shape index (κ2) is 7.39. The molecular weight excluding hydrogens is 362 g/mol. The van der Waals surface area contributed by atoms with Crippen molar-refractivity contribution in [3.63, 3.8) is 0 Å². The predicted octanol–water partition coefficient (Wildman–Crippen LogP) is 4.92. The number of carbonyl (C=O) groups excluding carboxylic acids is 1. The van der Waals surface area contributed by atoms with Gasteiger partial charge in [-0.1, -0.05) is 51.1 Å². The number of carbonyl (C=O) groups is 1. The van der Waals surface area contributed by atoms with Crippen molar-refractivity contribution in [2.45, 2.75) is 38.5 Å². The number of hydrogen-bond acceptors (Lipinski definition) is 3. The molecule has 0 spiro atoms. The second-order valence-electron chi connectivity index (χ2n) is 8.62. The molecule has 4 rings (SSSR count). The molecule has 0 radical (unpaired) electrons. The lowest BCUT2D eigenvalue weighted by Crippen LogP contribution is -2.17. The van der Waals surface area contributed by atoms with Gasteiger partial charge in [-0.3, -0.25) is 4.79 Å². The Bertz CT molecular complexity index is 1000. The largest absolute Gasteiger partial charge is 0.497 e. The number of hydrogen-bond donors (Lipinski definition) is 1. The summed E-state index contributed by atoms with van der Waals surface area (Å²) in [6.07, 6.45) is 0.888. The van der Waals surface area contributed by atoms with Crippen LogP contribution in [0.5, 0.6) is 5.75 Å². The van der Waals surface area contributed by atoms with Crippen LogP contribution in [0.3, 0.4) is 0 Å². The Kier molecular flexibility index (Phi) is 4.91. The molecule has 0 bridgehead atoms. The highest BCUT2D eigenvalue weighted by molar-refractivity contribution is 5.94. The third-order valence-electron chi connectivity index (χ3n) is 5.40. The van der Waals surface area contributed by atoms with E-state index in [1.165, 1.54) is 5.56 Å². The van der Waals surface area contributed by atoms with Crippen molar-refractivity contribution in [1.82, 2.24) is 9.78 Å². The van der Waals surface area contributed by atoms with Crippen LogP contribution >= 0.6 is 0 Å². The summed E-state index contributed by atoms with van der Waals surface area (Å²) in [6.45, 7) is 6.35. The summed E-state index contributed by atoms with van der Waals surface area (Å²) in [5.41, 5.74) is 2.92. The highest BCUT2D eigenvalue weighted by Gasteiger charge is 2.44. The van der Waals surface area contributed by atoms with Gasteiger partial charge in [-0.2, -0.15) is 5.10 Å². The number of benzene rings is 2. The first kappa shape index (κ1) is 19.2. The predicted molar refractivity (Wildman–Crippen MR) is 115 cm³/mol. The van der Waals surface area contributed by atoms with Gasteiger partial charge in [0, 0.05) is 17.4 Å². The molecule has 5 heteroatoms. The number of nitrogens with zero attached hydrogens (tertiary/aromatic N) is 2. The van der Waals surface area contributed by atoms with Crippen molar-refractivity contribution >= 4 is 11.7 Å². The SMILES string of the molecule is COc1ccc(-n2nc(C(C)(C)C)cc2NC(=O)C2CC2c2ccccc2)cc1. The van der Waals surface area contributed by atoms with E-state index < -0.39 is 0 Å². The summed E-state index contributed by atoms with van der Waals surface area (Å²) in [6, 6.07) is 19.9. The van der Waals surface area contributed by atoms with E-state index in [9.17, 15) is 4.79 Å². The van der Waals surface area contributed by atoms with Crippen molar-refractivity contribution in [2.24, 2.45) is 5.92 Å². The zero-order valence-electron chi connectivity index (χ0n) is 17.3. The highest BCUT2D eigenvalue weighted by atomic mass is 16.5. The summed E-state index contributed by atoms with van der Waals surface area (Å²) < 4.78 is 7.06. The molecule has 1 aliphatic carbocycles. The van der Waals surface area contributed by atoms with Gasteiger partial charge < -0.3 is 10.1 Å². The normalized spacial score (nSPS) is 18.3. The van der Waals surface area contributed by atoms with Gasteiger partial charge in [-0.15, -0.1) is 0 Å². The van der Waals surface area contributed by atoms with Crippen LogP contribution in [0.4, 0.5) is 5.82 Å². The van der Waals surface area contributed by atoms with Crippen molar-refractivity contribution in [2.75, 3.05) is 12.4 Å². The van der Waals surface area contributed by atoms with Crippen LogP contribution in [-0.4, -0.2) is 22.8 Å². The van der Waals surface area contributed by atoms with E-state index in [2.05, 4.69) is 38.2 Å². The summed E-state index contributed by atoms with van der Waals surface area (Å²) in [7, 11) is 1.64. The monoisotopic (exact) mass is 389 g/mol. The third kappa shape index (κ3) is 4.04. The van der Waals surface area contributed by atoms with Gasteiger partial charge in [0.2, 0.25) is 5.91 Å². The van der Waals surface area contributed by atoms with Gasteiger partial charge in [0.1, 0.15) is 11.6 Å². The number of amides is 1. The zero-order valence-corrected chi connectivity index (χ0v) is 17.3. The van der Waals surface area contributed by atoms with E-state index in [1.54, 1.807) is 11.8 Å². The van der Waals surface area contributed by atoms with Crippen LogP contribution in [0.1, 0.15) is 44.4 Å². The van der Waals surface area contributed by atoms with E-state index in [4.69, 9.17) is 9.84 Å². The minimum absolute atomic E-state index is 0.00899. The molecule has 1 aliphatic rings. The standard InChI is InChI=1S/C24H27N3O2/c1-24(2,3)21-15-22(27(26-21)17-10-12-18(29-4)13-11-17)25-23(28)20-14-19(20)16-8-6-5-7-9-16/h5-13,15,19-20H,14H2,1-4H3,(H,25,28). The maximum absolute atomic E-state index is 12.9. The minimum atomic E-state index is -0.122. The number of methoxy groups -OCH3 is 1. The first-order chi connectivity index (χ1) is 13.9. The number of ether oxygens (including phenoxy) is 1. The molecule has 2 atom stereocenters. The molecule has 1 N–H and O–H groups in total. The van der Waals surface area contributed by atoms with E-state index in [-0.39, 0.29) is 17.2 Å². The fourth-order valence-electron chi connectivity index (χ4n) is 3.53. The maximum Gasteiger partial charge on any atom is 0.229 e. The summed E-state index contributed by atoms with van der Waals surface area (Å²) in [5, 5.41) is 7.90. The Hall–Kier alpha value is -3.08. The smallest absolute Gasteiger partial charge is 0.229 e. The Morgan fingerprint density at radius 2 is 1.79 bits per heavy atom. The molecule has 1 fully saturated rings. The van der Waals surface area contributed by atoms with Crippen molar-refractivity contribution < 1.29 is 9.53 Å². The van der Waals surface area contributed by atoms with Crippen molar-refractivity contribution in [1.29, 1.82) is 0 Å². The fraction of sp³-hybridized carbons (Fsp3) is 0.333. The van der Waals surface area contributed by atoms with E-state index in [1.807, 2.05) is 48.5 Å². The number of aromatic nitrogens is 2. The summed E-state index contributed by atoms with van der Waals surface area (Å²) >= 11 is 0. The van der Waals surface area contributed by atoms with Gasteiger partial charge in [-0.05, 0) is 42.2 Å². The Balaban J connectivity index is 1.59. The van der Waals surface area contributed by atoms with Crippen LogP contribution < -0.4 is 10.1 Å². The highest BCUT2D eigenvalue weighted by Crippen LogP contribution is 2.48. The average Bonchev–Trinajstić information content (AvgIpc) is 3.41. The summed E-state index contributed by atoms with van der Waals surface area (Å²) in [5.74, 6) is 1.84. The van der Waals surface area contributed by atoms with Gasteiger partial charge >= 0.3 is 0 Å². The van der Waals surface area contributed by atoms with E-state index in [0.29, 0.717) is 11.7 Å². The lowest BCUT2D eigenvalue weighted by atomic mass is 9.92. The average molecular weight is 389 g/mol. The lowest BCUT2D eigenvalue weighted by Gasteiger charge is -2.14. The van der Waals surface area contributed by atoms with Gasteiger partial charge in [0.25, 0.3) is 0 Å². The molecule has 0 aliphatic heterocycles.